The molecule has 1 fully saturated rings. The van der Waals surface area contributed by atoms with Gasteiger partial charge in [0.2, 0.25) is 15.8 Å². The second-order valence-corrected chi connectivity index (χ2v) is 13.1. The average Bonchev–Trinajstić information content (AvgIpc) is 2.92. The minimum atomic E-state index is -3.34. The van der Waals surface area contributed by atoms with Gasteiger partial charge >= 0.3 is 5.56 Å². The van der Waals surface area contributed by atoms with Crippen LogP contribution in [0.1, 0.15) is 31.4 Å². The summed E-state index contributed by atoms with van der Waals surface area (Å²) in [7, 11) is -3.34. The van der Waals surface area contributed by atoms with E-state index in [-0.39, 0.29) is 17.2 Å². The first kappa shape index (κ1) is 26.7. The molecule has 1 atom stereocenters. The predicted molar refractivity (Wildman–Crippen MR) is 150 cm³/mol. The lowest BCUT2D eigenvalue weighted by atomic mass is 9.84. The van der Waals surface area contributed by atoms with Crippen molar-refractivity contribution in [3.8, 4) is 11.4 Å². The molecule has 0 saturated carbocycles. The molecule has 38 heavy (non-hydrogen) atoms. The highest BCUT2D eigenvalue weighted by Gasteiger charge is 2.31. The van der Waals surface area contributed by atoms with Crippen molar-refractivity contribution in [1.29, 1.82) is 0 Å². The highest BCUT2D eigenvalue weighted by atomic mass is 35.5. The van der Waals surface area contributed by atoms with E-state index in [0.717, 1.165) is 19.3 Å². The fraction of sp³-hybridized carbons (Fsp3) is 0.429. The highest BCUT2D eigenvalue weighted by molar-refractivity contribution is 7.89. The third-order valence-corrected chi connectivity index (χ3v) is 9.93. The molecular formula is C28H33ClN4O4S. The second kappa shape index (κ2) is 11.1. The quantitative estimate of drug-likeness (QED) is 0.438. The van der Waals surface area contributed by atoms with Crippen LogP contribution in [-0.2, 0) is 22.9 Å². The number of nitrogens with zero attached hydrogens (tertiary/aromatic N) is 4. The van der Waals surface area contributed by atoms with E-state index in [4.69, 9.17) is 16.3 Å². The largest absolute Gasteiger partial charge is 0.486 e. The van der Waals surface area contributed by atoms with Crippen LogP contribution in [0.25, 0.3) is 5.69 Å². The Morgan fingerprint density at radius 3 is 2.50 bits per heavy atom. The fourth-order valence-corrected chi connectivity index (χ4v) is 6.63. The van der Waals surface area contributed by atoms with Gasteiger partial charge in [0.1, 0.15) is 5.69 Å². The monoisotopic (exact) mass is 556 g/mol. The number of hydrogen-bond acceptors (Lipinski definition) is 6. The first-order valence-corrected chi connectivity index (χ1v) is 14.9. The van der Waals surface area contributed by atoms with Crippen molar-refractivity contribution < 1.29 is 13.2 Å². The molecule has 0 spiro atoms. The molecule has 1 aromatic heterocycles. The summed E-state index contributed by atoms with van der Waals surface area (Å²) in [4.78, 5) is 15.7. The Morgan fingerprint density at radius 2 is 1.79 bits per heavy atom. The molecule has 0 N–H and O–H groups in total. The number of aryl methyl sites for hydroxylation is 1. The van der Waals surface area contributed by atoms with Gasteiger partial charge in [0.15, 0.2) is 0 Å². The van der Waals surface area contributed by atoms with Gasteiger partial charge in [-0.1, -0.05) is 41.9 Å². The Bertz CT molecular complexity index is 1470. The molecule has 2 aromatic carbocycles. The maximum Gasteiger partial charge on any atom is 0.316 e. The zero-order chi connectivity index (χ0) is 26.9. The van der Waals surface area contributed by atoms with Crippen molar-refractivity contribution in [2.45, 2.75) is 38.4 Å². The second-order valence-electron chi connectivity index (χ2n) is 10.2. The summed E-state index contributed by atoms with van der Waals surface area (Å²) in [6.45, 7) is 5.38. The lowest BCUT2D eigenvalue weighted by Crippen LogP contribution is -2.50. The van der Waals surface area contributed by atoms with Gasteiger partial charge in [-0.15, -0.1) is 0 Å². The molecule has 0 bridgehead atoms. The van der Waals surface area contributed by atoms with Gasteiger partial charge in [0.05, 0.1) is 23.7 Å². The van der Waals surface area contributed by atoms with E-state index in [1.54, 1.807) is 44.3 Å². The zero-order valence-electron chi connectivity index (χ0n) is 21.7. The van der Waals surface area contributed by atoms with Gasteiger partial charge in [-0.3, -0.25) is 4.79 Å². The van der Waals surface area contributed by atoms with Crippen molar-refractivity contribution in [1.82, 2.24) is 14.1 Å². The van der Waals surface area contributed by atoms with Crippen LogP contribution in [0.5, 0.6) is 5.75 Å². The third-order valence-electron chi connectivity index (χ3n) is 7.41. The van der Waals surface area contributed by atoms with Crippen LogP contribution in [0.4, 0.5) is 5.69 Å². The number of fused-ring (bicyclic) bond motifs is 1. The molecule has 1 unspecified atom stereocenters. The summed E-state index contributed by atoms with van der Waals surface area (Å²) in [5.41, 5.74) is 3.50. The normalized spacial score (nSPS) is 18.4. The van der Waals surface area contributed by atoms with E-state index in [9.17, 15) is 13.2 Å². The molecule has 2 heterocycles. The number of anilines is 1. The Kier molecular flexibility index (Phi) is 7.79. The Morgan fingerprint density at radius 1 is 1.05 bits per heavy atom. The number of benzene rings is 2. The van der Waals surface area contributed by atoms with Crippen LogP contribution < -0.4 is 15.2 Å². The topological polar surface area (TPSA) is 84.7 Å². The van der Waals surface area contributed by atoms with Crippen molar-refractivity contribution in [3.63, 3.8) is 0 Å². The molecule has 2 aliphatic rings. The van der Waals surface area contributed by atoms with Gasteiger partial charge < -0.3 is 9.64 Å². The van der Waals surface area contributed by atoms with E-state index >= 15 is 0 Å². The molecule has 8 nitrogen and oxygen atoms in total. The summed E-state index contributed by atoms with van der Waals surface area (Å²) in [5, 5.41) is 4.47. The van der Waals surface area contributed by atoms with Crippen LogP contribution >= 0.6 is 11.6 Å². The average molecular weight is 557 g/mol. The summed E-state index contributed by atoms with van der Waals surface area (Å²) >= 11 is 6.18. The van der Waals surface area contributed by atoms with Crippen molar-refractivity contribution in [3.05, 3.63) is 81.2 Å². The standard InChI is InChI=1S/C28H33ClN4O4S/c1-20(2)38(35,36)32-14-12-31(13-15-32)26-18-30-33(25-9-5-8-24(29)17-25)28(34)27(26)37-19-21-10-11-22-6-3-4-7-23(22)16-21/h3-9,17-18,20-21H,10-16,19H2,1-2H3. The Hall–Kier alpha value is -2.88. The molecule has 0 amide bonds. The number of piperazine rings is 1. The van der Waals surface area contributed by atoms with Crippen LogP contribution in [0, 0.1) is 5.92 Å². The van der Waals surface area contributed by atoms with E-state index in [1.165, 1.54) is 20.1 Å². The first-order valence-electron chi connectivity index (χ1n) is 13.1. The Balaban J connectivity index is 1.42. The lowest BCUT2D eigenvalue weighted by Gasteiger charge is -2.36. The summed E-state index contributed by atoms with van der Waals surface area (Å²) < 4.78 is 34.4. The van der Waals surface area contributed by atoms with Gasteiger partial charge in [0.25, 0.3) is 0 Å². The molecule has 10 heteroatoms. The minimum Gasteiger partial charge on any atom is -0.486 e. The van der Waals surface area contributed by atoms with E-state index in [1.807, 2.05) is 4.90 Å². The van der Waals surface area contributed by atoms with Gasteiger partial charge in [0, 0.05) is 31.2 Å². The smallest absolute Gasteiger partial charge is 0.316 e. The molecule has 3 aromatic rings. The fourth-order valence-electron chi connectivity index (χ4n) is 5.18. The molecule has 1 aliphatic carbocycles. The van der Waals surface area contributed by atoms with Crippen LogP contribution in [-0.4, -0.2) is 60.5 Å². The number of aromatic nitrogens is 2. The summed E-state index contributed by atoms with van der Waals surface area (Å²) in [6.07, 6.45) is 4.53. The first-order chi connectivity index (χ1) is 18.2. The molecule has 1 saturated heterocycles. The number of halogens is 1. The molecule has 5 rings (SSSR count). The molecule has 0 radical (unpaired) electrons. The van der Waals surface area contributed by atoms with Crippen molar-refractivity contribution >= 4 is 27.3 Å². The van der Waals surface area contributed by atoms with Crippen LogP contribution in [0.2, 0.25) is 5.02 Å². The van der Waals surface area contributed by atoms with Crippen molar-refractivity contribution in [2.75, 3.05) is 37.7 Å². The zero-order valence-corrected chi connectivity index (χ0v) is 23.3. The van der Waals surface area contributed by atoms with E-state index in [0.29, 0.717) is 49.2 Å². The SMILES string of the molecule is CC(C)S(=O)(=O)N1CCN(c2cnn(-c3cccc(Cl)c3)c(=O)c2OCC2CCc3ccccc3C2)CC1. The Labute approximate surface area is 228 Å². The van der Waals surface area contributed by atoms with Gasteiger partial charge in [-0.05, 0) is 68.4 Å². The number of sulfonamides is 1. The molecule has 1 aliphatic heterocycles. The number of ether oxygens (including phenoxy) is 1. The molecular weight excluding hydrogens is 524 g/mol. The van der Waals surface area contributed by atoms with Gasteiger partial charge in [-0.25, -0.2) is 8.42 Å². The van der Waals surface area contributed by atoms with E-state index < -0.39 is 15.3 Å². The summed E-state index contributed by atoms with van der Waals surface area (Å²) in [6, 6.07) is 15.5. The lowest BCUT2D eigenvalue weighted by molar-refractivity contribution is 0.230. The highest BCUT2D eigenvalue weighted by Crippen LogP contribution is 2.30. The third kappa shape index (κ3) is 5.46. The van der Waals surface area contributed by atoms with Gasteiger partial charge in [-0.2, -0.15) is 14.1 Å². The summed E-state index contributed by atoms with van der Waals surface area (Å²) in [5.74, 6) is 0.525. The molecule has 202 valence electrons. The predicted octanol–water partition coefficient (Wildman–Crippen LogP) is 3.93. The van der Waals surface area contributed by atoms with Crippen molar-refractivity contribution in [2.24, 2.45) is 5.92 Å². The maximum atomic E-state index is 13.7. The number of rotatable bonds is 7. The van der Waals surface area contributed by atoms with Crippen LogP contribution in [0.15, 0.2) is 59.5 Å². The van der Waals surface area contributed by atoms with E-state index in [2.05, 4.69) is 29.4 Å². The van der Waals surface area contributed by atoms with Crippen LogP contribution in [0.3, 0.4) is 0 Å². The minimum absolute atomic E-state index is 0.235. The maximum absolute atomic E-state index is 13.7. The number of hydrogen-bond donors (Lipinski definition) is 0.